The second-order valence-corrected chi connectivity index (χ2v) is 6.94. The molecule has 0 aromatic heterocycles. The summed E-state index contributed by atoms with van der Waals surface area (Å²) < 4.78 is 10.4. The minimum atomic E-state index is -0.340. The molecule has 7 nitrogen and oxygen atoms in total. The molecule has 3 rings (SSSR count). The van der Waals surface area contributed by atoms with Crippen LogP contribution in [-0.2, 0) is 14.3 Å². The Morgan fingerprint density at radius 3 is 2.81 bits per heavy atom. The Bertz CT molecular complexity index is 664. The molecule has 2 fully saturated rings. The van der Waals surface area contributed by atoms with Crippen molar-refractivity contribution in [1.29, 1.82) is 0 Å². The highest BCUT2D eigenvalue weighted by Gasteiger charge is 2.34. The lowest BCUT2D eigenvalue weighted by Crippen LogP contribution is -2.42. The lowest BCUT2D eigenvalue weighted by Gasteiger charge is -2.28. The number of likely N-dealkylation sites (tertiary alicyclic amines) is 1. The first-order valence-electron chi connectivity index (χ1n) is 8.79. The summed E-state index contributed by atoms with van der Waals surface area (Å²) in [5, 5.41) is 3.27. The van der Waals surface area contributed by atoms with Crippen molar-refractivity contribution in [2.24, 2.45) is 5.92 Å². The SMILES string of the molecule is COc1ccc(NC(=O)C2CC(=O)N(CCN3CCOCC3)C2)cc1Cl. The van der Waals surface area contributed by atoms with E-state index in [4.69, 9.17) is 21.1 Å². The molecular weight excluding hydrogens is 358 g/mol. The summed E-state index contributed by atoms with van der Waals surface area (Å²) in [7, 11) is 1.54. The van der Waals surface area contributed by atoms with Crippen LogP contribution in [0.15, 0.2) is 18.2 Å². The molecule has 1 atom stereocenters. The third-order valence-corrected chi connectivity index (χ3v) is 5.09. The van der Waals surface area contributed by atoms with Gasteiger partial charge in [0, 0.05) is 44.8 Å². The Balaban J connectivity index is 1.50. The predicted molar refractivity (Wildman–Crippen MR) is 98.6 cm³/mol. The molecule has 0 aliphatic carbocycles. The predicted octanol–water partition coefficient (Wildman–Crippen LogP) is 1.47. The molecule has 0 bridgehead atoms. The molecule has 2 saturated heterocycles. The Hall–Kier alpha value is -1.83. The molecule has 1 aromatic rings. The van der Waals surface area contributed by atoms with Crippen LogP contribution in [0.2, 0.25) is 5.02 Å². The van der Waals surface area contributed by atoms with E-state index < -0.39 is 0 Å². The first kappa shape index (κ1) is 18.9. The van der Waals surface area contributed by atoms with Gasteiger partial charge in [-0.05, 0) is 18.2 Å². The van der Waals surface area contributed by atoms with Gasteiger partial charge in [0.15, 0.2) is 0 Å². The molecule has 2 heterocycles. The van der Waals surface area contributed by atoms with Gasteiger partial charge in [-0.1, -0.05) is 11.6 Å². The maximum atomic E-state index is 12.5. The second kappa shape index (κ2) is 8.70. The molecule has 1 aromatic carbocycles. The summed E-state index contributed by atoms with van der Waals surface area (Å²) in [6, 6.07) is 5.08. The normalized spacial score (nSPS) is 21.1. The van der Waals surface area contributed by atoms with Crippen molar-refractivity contribution < 1.29 is 19.1 Å². The quantitative estimate of drug-likeness (QED) is 0.808. The number of carbonyl (C=O) groups excluding carboxylic acids is 2. The minimum Gasteiger partial charge on any atom is -0.495 e. The average molecular weight is 382 g/mol. The number of hydrogen-bond acceptors (Lipinski definition) is 5. The molecule has 0 radical (unpaired) electrons. The highest BCUT2D eigenvalue weighted by Crippen LogP contribution is 2.28. The van der Waals surface area contributed by atoms with Crippen molar-refractivity contribution in [2.75, 3.05) is 58.4 Å². The van der Waals surface area contributed by atoms with E-state index in [-0.39, 0.29) is 24.2 Å². The van der Waals surface area contributed by atoms with Gasteiger partial charge in [0.25, 0.3) is 0 Å². The zero-order chi connectivity index (χ0) is 18.5. The van der Waals surface area contributed by atoms with Gasteiger partial charge in [0.2, 0.25) is 11.8 Å². The number of hydrogen-bond donors (Lipinski definition) is 1. The highest BCUT2D eigenvalue weighted by atomic mass is 35.5. The topological polar surface area (TPSA) is 71.1 Å². The Kier molecular flexibility index (Phi) is 6.34. The maximum Gasteiger partial charge on any atom is 0.229 e. The molecule has 2 aliphatic heterocycles. The van der Waals surface area contributed by atoms with Crippen molar-refractivity contribution in [3.8, 4) is 5.75 Å². The third-order valence-electron chi connectivity index (χ3n) is 4.79. The molecule has 1 unspecified atom stereocenters. The number of amides is 2. The van der Waals surface area contributed by atoms with Crippen LogP contribution in [0.1, 0.15) is 6.42 Å². The lowest BCUT2D eigenvalue weighted by molar-refractivity contribution is -0.128. The summed E-state index contributed by atoms with van der Waals surface area (Å²) in [5.41, 5.74) is 0.597. The summed E-state index contributed by atoms with van der Waals surface area (Å²) in [6.07, 6.45) is 0.249. The zero-order valence-electron chi connectivity index (χ0n) is 14.9. The monoisotopic (exact) mass is 381 g/mol. The molecule has 0 spiro atoms. The number of halogens is 1. The molecule has 0 saturated carbocycles. The van der Waals surface area contributed by atoms with Crippen molar-refractivity contribution in [3.63, 3.8) is 0 Å². The third kappa shape index (κ3) is 4.66. The molecule has 26 heavy (non-hydrogen) atoms. The minimum absolute atomic E-state index is 0.0335. The van der Waals surface area contributed by atoms with Crippen LogP contribution < -0.4 is 10.1 Å². The Morgan fingerprint density at radius 1 is 1.35 bits per heavy atom. The molecule has 2 aliphatic rings. The smallest absolute Gasteiger partial charge is 0.229 e. The Labute approximate surface area is 158 Å². The van der Waals surface area contributed by atoms with Crippen LogP contribution in [-0.4, -0.2) is 74.7 Å². The largest absolute Gasteiger partial charge is 0.495 e. The van der Waals surface area contributed by atoms with Crippen molar-refractivity contribution >= 4 is 29.1 Å². The molecular formula is C18H24ClN3O4. The van der Waals surface area contributed by atoms with E-state index in [1.54, 1.807) is 23.1 Å². The van der Waals surface area contributed by atoms with Gasteiger partial charge in [-0.25, -0.2) is 0 Å². The Morgan fingerprint density at radius 2 is 2.12 bits per heavy atom. The first-order chi connectivity index (χ1) is 12.6. The zero-order valence-corrected chi connectivity index (χ0v) is 15.6. The fraction of sp³-hybridized carbons (Fsp3) is 0.556. The maximum absolute atomic E-state index is 12.5. The van der Waals surface area contributed by atoms with Gasteiger partial charge in [-0.15, -0.1) is 0 Å². The van der Waals surface area contributed by atoms with Gasteiger partial charge in [0.05, 0.1) is 31.3 Å². The van der Waals surface area contributed by atoms with Crippen LogP contribution in [0, 0.1) is 5.92 Å². The van der Waals surface area contributed by atoms with Crippen LogP contribution in [0.5, 0.6) is 5.75 Å². The standard InChI is InChI=1S/C18H24ClN3O4/c1-25-16-3-2-14(11-15(16)19)20-18(24)13-10-17(23)22(12-13)5-4-21-6-8-26-9-7-21/h2-3,11,13H,4-10,12H2,1H3,(H,20,24). The van der Waals surface area contributed by atoms with Crippen LogP contribution >= 0.6 is 11.6 Å². The van der Waals surface area contributed by atoms with Crippen LogP contribution in [0.25, 0.3) is 0 Å². The van der Waals surface area contributed by atoms with Crippen molar-refractivity contribution in [1.82, 2.24) is 9.80 Å². The van der Waals surface area contributed by atoms with Crippen molar-refractivity contribution in [2.45, 2.75) is 6.42 Å². The van der Waals surface area contributed by atoms with Gasteiger partial charge < -0.3 is 19.7 Å². The van der Waals surface area contributed by atoms with Crippen LogP contribution in [0.4, 0.5) is 5.69 Å². The van der Waals surface area contributed by atoms with Crippen molar-refractivity contribution in [3.05, 3.63) is 23.2 Å². The molecule has 2 amide bonds. The molecule has 1 N–H and O–H groups in total. The highest BCUT2D eigenvalue weighted by molar-refractivity contribution is 6.32. The number of benzene rings is 1. The number of morpholine rings is 1. The second-order valence-electron chi connectivity index (χ2n) is 6.53. The van der Waals surface area contributed by atoms with E-state index in [2.05, 4.69) is 10.2 Å². The number of rotatable bonds is 6. The van der Waals surface area contributed by atoms with Gasteiger partial charge >= 0.3 is 0 Å². The fourth-order valence-electron chi connectivity index (χ4n) is 3.24. The number of anilines is 1. The first-order valence-corrected chi connectivity index (χ1v) is 9.17. The van der Waals surface area contributed by atoms with Gasteiger partial charge in [-0.2, -0.15) is 0 Å². The summed E-state index contributed by atoms with van der Waals surface area (Å²) >= 11 is 6.08. The summed E-state index contributed by atoms with van der Waals surface area (Å²) in [4.78, 5) is 28.8. The number of ether oxygens (including phenoxy) is 2. The number of nitrogens with one attached hydrogen (secondary N) is 1. The molecule has 142 valence electrons. The van der Waals surface area contributed by atoms with E-state index in [1.807, 2.05) is 0 Å². The van der Waals surface area contributed by atoms with E-state index in [0.29, 0.717) is 29.5 Å². The number of nitrogens with zero attached hydrogens (tertiary/aromatic N) is 2. The summed E-state index contributed by atoms with van der Waals surface area (Å²) in [5.74, 6) is 0.0858. The number of methoxy groups -OCH3 is 1. The van der Waals surface area contributed by atoms with E-state index >= 15 is 0 Å². The molecule has 8 heteroatoms. The van der Waals surface area contributed by atoms with Gasteiger partial charge in [0.1, 0.15) is 5.75 Å². The van der Waals surface area contributed by atoms with E-state index in [9.17, 15) is 9.59 Å². The summed E-state index contributed by atoms with van der Waals surface area (Å²) in [6.45, 7) is 5.19. The van der Waals surface area contributed by atoms with E-state index in [0.717, 1.165) is 32.8 Å². The lowest BCUT2D eigenvalue weighted by atomic mass is 10.1. The number of carbonyl (C=O) groups is 2. The van der Waals surface area contributed by atoms with Gasteiger partial charge in [-0.3, -0.25) is 14.5 Å². The van der Waals surface area contributed by atoms with E-state index in [1.165, 1.54) is 7.11 Å². The van der Waals surface area contributed by atoms with Crippen LogP contribution in [0.3, 0.4) is 0 Å². The fourth-order valence-corrected chi connectivity index (χ4v) is 3.50. The average Bonchev–Trinajstić information content (AvgIpc) is 3.02.